The van der Waals surface area contributed by atoms with Crippen molar-refractivity contribution in [1.29, 1.82) is 0 Å². The minimum absolute atomic E-state index is 0.0567. The monoisotopic (exact) mass is 636 g/mol. The second kappa shape index (κ2) is 18.3. The molecule has 0 unspecified atom stereocenters. The first kappa shape index (κ1) is 36.6. The van der Waals surface area contributed by atoms with E-state index >= 15 is 0 Å². The molecular formula is C36H48N2O8. The minimum atomic E-state index is -0.968. The van der Waals surface area contributed by atoms with Crippen LogP contribution in [0.4, 0.5) is 0 Å². The van der Waals surface area contributed by atoms with E-state index in [9.17, 15) is 29.1 Å². The molecular weight excluding hydrogens is 588 g/mol. The number of methoxy groups -OCH3 is 1. The molecule has 1 saturated carbocycles. The van der Waals surface area contributed by atoms with E-state index in [4.69, 9.17) is 9.47 Å². The maximum Gasteiger partial charge on any atom is 0.328 e. The largest absolute Gasteiger partial charge is 0.460 e. The van der Waals surface area contributed by atoms with Crippen LogP contribution in [0.5, 0.6) is 0 Å². The number of ketones is 2. The number of aliphatic hydroxyl groups excluding tert-OH is 1. The molecule has 1 aliphatic heterocycles. The highest BCUT2D eigenvalue weighted by Gasteiger charge is 2.31. The highest BCUT2D eigenvalue weighted by molar-refractivity contribution is 6.21. The Morgan fingerprint density at radius 2 is 1.76 bits per heavy atom. The van der Waals surface area contributed by atoms with Gasteiger partial charge >= 0.3 is 5.97 Å². The first-order chi connectivity index (χ1) is 22.0. The predicted molar refractivity (Wildman–Crippen MR) is 174 cm³/mol. The Morgan fingerprint density at radius 3 is 2.48 bits per heavy atom. The molecule has 0 aromatic rings. The van der Waals surface area contributed by atoms with Crippen LogP contribution in [-0.4, -0.2) is 65.9 Å². The summed E-state index contributed by atoms with van der Waals surface area (Å²) in [5.41, 5.74) is 0.803. The van der Waals surface area contributed by atoms with E-state index in [2.05, 4.69) is 10.6 Å². The molecule has 0 radical (unpaired) electrons. The number of ether oxygens (including phenoxy) is 2. The number of fused-ring (bicyclic) bond motifs is 2. The number of carbonyl (C=O) groups is 5. The van der Waals surface area contributed by atoms with Crippen LogP contribution in [0.25, 0.3) is 0 Å². The van der Waals surface area contributed by atoms with Gasteiger partial charge in [-0.2, -0.15) is 0 Å². The van der Waals surface area contributed by atoms with Gasteiger partial charge in [-0.25, -0.2) is 4.79 Å². The zero-order valence-electron chi connectivity index (χ0n) is 27.3. The molecule has 0 saturated heterocycles. The summed E-state index contributed by atoms with van der Waals surface area (Å²) < 4.78 is 11.3. The molecule has 1 heterocycles. The van der Waals surface area contributed by atoms with E-state index in [-0.39, 0.29) is 35.9 Å². The second-order valence-electron chi connectivity index (χ2n) is 12.3. The van der Waals surface area contributed by atoms with Crippen molar-refractivity contribution in [3.8, 4) is 0 Å². The molecule has 2 aliphatic carbocycles. The number of hydrogen-bond acceptors (Lipinski definition) is 8. The highest BCUT2D eigenvalue weighted by Crippen LogP contribution is 2.25. The molecule has 3 N–H and O–H groups in total. The average Bonchev–Trinajstić information content (AvgIpc) is 3.04. The van der Waals surface area contributed by atoms with Gasteiger partial charge in [0.2, 0.25) is 17.6 Å². The Bertz CT molecular complexity index is 1310. The second-order valence-corrected chi connectivity index (χ2v) is 12.3. The molecule has 3 rings (SSSR count). The van der Waals surface area contributed by atoms with Crippen molar-refractivity contribution in [2.75, 3.05) is 7.11 Å². The number of rotatable bonds is 5. The van der Waals surface area contributed by atoms with Gasteiger partial charge < -0.3 is 25.2 Å². The van der Waals surface area contributed by atoms with E-state index < -0.39 is 53.7 Å². The number of allylic oxidation sites excluding steroid dienone is 8. The Morgan fingerprint density at radius 1 is 1.04 bits per heavy atom. The summed E-state index contributed by atoms with van der Waals surface area (Å²) in [7, 11) is 1.47. The molecule has 0 aromatic carbocycles. The van der Waals surface area contributed by atoms with Gasteiger partial charge in [0.05, 0.1) is 24.3 Å². The van der Waals surface area contributed by atoms with Crippen LogP contribution in [0.15, 0.2) is 71.5 Å². The quantitative estimate of drug-likeness (QED) is 0.230. The molecule has 0 aromatic heterocycles. The fourth-order valence-electron chi connectivity index (χ4n) is 5.73. The SMILES string of the molecule is CO[C@H]1/C=C/C=C/C=C/C[C@H](OC(=O)[C@@H](C)NC(=O)C2CCCCC2)[C@@H](C)[C@@H](O)/C(C)=C/CCC2=CC(=O)C=C(NC(=O)C1)C2=O. The molecule has 10 heteroatoms. The summed E-state index contributed by atoms with van der Waals surface area (Å²) in [6.45, 7) is 5.16. The van der Waals surface area contributed by atoms with Gasteiger partial charge in [-0.3, -0.25) is 19.2 Å². The van der Waals surface area contributed by atoms with Crippen molar-refractivity contribution in [3.05, 3.63) is 71.5 Å². The summed E-state index contributed by atoms with van der Waals surface area (Å²) in [5, 5.41) is 16.6. The maximum absolute atomic E-state index is 13.1. The van der Waals surface area contributed by atoms with Crippen LogP contribution in [0.2, 0.25) is 0 Å². The molecule has 5 atom stereocenters. The highest BCUT2D eigenvalue weighted by atomic mass is 16.5. The molecule has 1 fully saturated rings. The van der Waals surface area contributed by atoms with E-state index in [1.54, 1.807) is 57.2 Å². The van der Waals surface area contributed by atoms with Gasteiger partial charge in [0.15, 0.2) is 5.78 Å². The van der Waals surface area contributed by atoms with Gasteiger partial charge in [-0.15, -0.1) is 0 Å². The lowest BCUT2D eigenvalue weighted by Crippen LogP contribution is -2.45. The Kier molecular flexibility index (Phi) is 14.6. The molecule has 2 bridgehead atoms. The Balaban J connectivity index is 1.79. The number of aliphatic hydroxyl groups is 1. The lowest BCUT2D eigenvalue weighted by Gasteiger charge is -2.29. The summed E-state index contributed by atoms with van der Waals surface area (Å²) in [4.78, 5) is 63.8. The van der Waals surface area contributed by atoms with E-state index in [1.807, 2.05) is 6.08 Å². The standard InChI is InChI=1S/C36H48N2O8/c1-23-14-13-17-27-20-28(39)21-30(34(27)42)38-32(40)22-29(45-4)18-11-6-5-7-12-19-31(24(2)33(23)41)46-36(44)25(3)37-35(43)26-15-9-8-10-16-26/h5-7,11-12,14,18,20-21,24-26,29,31,33,41H,8-10,13,15-17,19,22H2,1-4H3,(H,37,43)(H,38,40)/b6-5+,12-7+,18-11+,23-14+/t24-,25-,29+,31+,33+/m1/s1. The topological polar surface area (TPSA) is 148 Å². The molecule has 0 spiro atoms. The first-order valence-electron chi connectivity index (χ1n) is 16.2. The number of esters is 1. The predicted octanol–water partition coefficient (Wildman–Crippen LogP) is 4.26. The fourth-order valence-corrected chi connectivity index (χ4v) is 5.73. The van der Waals surface area contributed by atoms with Gasteiger partial charge in [-0.05, 0) is 51.2 Å². The molecule has 3 aliphatic rings. The summed E-state index contributed by atoms with van der Waals surface area (Å²) in [6, 6.07) is -0.840. The van der Waals surface area contributed by atoms with Crippen molar-refractivity contribution in [2.45, 2.75) is 103 Å². The normalized spacial score (nSPS) is 29.8. The number of hydrogen-bond donors (Lipinski definition) is 3. The molecule has 250 valence electrons. The van der Waals surface area contributed by atoms with Gasteiger partial charge in [0.1, 0.15) is 12.1 Å². The minimum Gasteiger partial charge on any atom is -0.460 e. The van der Waals surface area contributed by atoms with Crippen molar-refractivity contribution in [3.63, 3.8) is 0 Å². The number of nitrogens with one attached hydrogen (secondary N) is 2. The lowest BCUT2D eigenvalue weighted by molar-refractivity contribution is -0.156. The maximum atomic E-state index is 13.1. The van der Waals surface area contributed by atoms with Crippen molar-refractivity contribution < 1.29 is 38.6 Å². The van der Waals surface area contributed by atoms with Crippen LogP contribution >= 0.6 is 0 Å². The molecule has 46 heavy (non-hydrogen) atoms. The zero-order valence-corrected chi connectivity index (χ0v) is 27.3. The number of amides is 2. The van der Waals surface area contributed by atoms with Gasteiger partial charge in [-0.1, -0.05) is 68.7 Å². The summed E-state index contributed by atoms with van der Waals surface area (Å²) >= 11 is 0. The summed E-state index contributed by atoms with van der Waals surface area (Å²) in [5.74, 6) is -2.59. The third kappa shape index (κ3) is 11.2. The van der Waals surface area contributed by atoms with Crippen LogP contribution in [-0.2, 0) is 33.4 Å². The van der Waals surface area contributed by atoms with Crippen LogP contribution < -0.4 is 10.6 Å². The van der Waals surface area contributed by atoms with Crippen molar-refractivity contribution in [1.82, 2.24) is 10.6 Å². The van der Waals surface area contributed by atoms with Crippen molar-refractivity contribution >= 4 is 29.4 Å². The molecule has 2 amide bonds. The Hall–Kier alpha value is -3.89. The number of carbonyl (C=O) groups excluding carboxylic acids is 5. The third-order valence-corrected chi connectivity index (χ3v) is 8.65. The van der Waals surface area contributed by atoms with Crippen LogP contribution in [0.1, 0.15) is 78.6 Å². The Labute approximate surface area is 271 Å². The van der Waals surface area contributed by atoms with Gasteiger partial charge in [0.25, 0.3) is 0 Å². The van der Waals surface area contributed by atoms with E-state index in [1.165, 1.54) is 13.2 Å². The van der Waals surface area contributed by atoms with Crippen LogP contribution in [0.3, 0.4) is 0 Å². The van der Waals surface area contributed by atoms with Crippen molar-refractivity contribution in [2.24, 2.45) is 11.8 Å². The van der Waals surface area contributed by atoms with E-state index in [0.29, 0.717) is 18.4 Å². The molecule has 10 nitrogen and oxygen atoms in total. The zero-order chi connectivity index (χ0) is 33.6. The lowest BCUT2D eigenvalue weighted by atomic mass is 9.88. The smallest absolute Gasteiger partial charge is 0.328 e. The van der Waals surface area contributed by atoms with E-state index in [0.717, 1.165) is 38.2 Å². The van der Waals surface area contributed by atoms with Gasteiger partial charge in [0, 0.05) is 37.0 Å². The number of Topliss-reactive ketones (excluding diaryl/α,β-unsaturated/α-hetero) is 1. The summed E-state index contributed by atoms with van der Waals surface area (Å²) in [6.07, 6.45) is 18.1. The third-order valence-electron chi connectivity index (χ3n) is 8.65. The fraction of sp³-hybridized carbons (Fsp3) is 0.528. The first-order valence-corrected chi connectivity index (χ1v) is 16.2. The van der Waals surface area contributed by atoms with Crippen LogP contribution in [0, 0.1) is 11.8 Å². The average molecular weight is 637 g/mol.